The molecule has 100 valence electrons. The van der Waals surface area contributed by atoms with E-state index >= 15 is 0 Å². The fraction of sp³-hybridized carbons (Fsp3) is 0.400. The summed E-state index contributed by atoms with van der Waals surface area (Å²) in [5.74, 6) is -0.143. The summed E-state index contributed by atoms with van der Waals surface area (Å²) in [6.07, 6.45) is 4.87. The molecule has 0 aliphatic heterocycles. The maximum Gasteiger partial charge on any atom is 0.123 e. The summed E-state index contributed by atoms with van der Waals surface area (Å²) in [5.41, 5.74) is 4.51. The second-order valence-corrected chi connectivity index (χ2v) is 5.10. The zero-order chi connectivity index (χ0) is 13.4. The normalized spacial score (nSPS) is 17.5. The molecule has 0 saturated carbocycles. The maximum absolute atomic E-state index is 13.2. The summed E-state index contributed by atoms with van der Waals surface area (Å²) in [4.78, 5) is 0. The number of anilines is 1. The van der Waals surface area contributed by atoms with Crippen molar-refractivity contribution in [1.29, 1.82) is 0 Å². The van der Waals surface area contributed by atoms with Gasteiger partial charge in [0.05, 0.1) is 17.4 Å². The van der Waals surface area contributed by atoms with Crippen molar-refractivity contribution < 1.29 is 4.39 Å². The van der Waals surface area contributed by atoms with Crippen molar-refractivity contribution in [3.8, 4) is 0 Å². The van der Waals surface area contributed by atoms with Crippen molar-refractivity contribution in [2.45, 2.75) is 32.2 Å². The highest BCUT2D eigenvalue weighted by Crippen LogP contribution is 2.34. The fourth-order valence-corrected chi connectivity index (χ4v) is 2.84. The molecule has 2 aromatic rings. The molecule has 4 heteroatoms. The van der Waals surface area contributed by atoms with E-state index in [-0.39, 0.29) is 11.9 Å². The molecule has 0 radical (unpaired) electrons. The van der Waals surface area contributed by atoms with Gasteiger partial charge in [-0.3, -0.25) is 4.68 Å². The zero-order valence-corrected chi connectivity index (χ0v) is 11.3. The van der Waals surface area contributed by atoms with E-state index in [0.717, 1.165) is 36.2 Å². The van der Waals surface area contributed by atoms with Gasteiger partial charge < -0.3 is 5.32 Å². The number of hydrogen-bond donors (Lipinski definition) is 1. The molecule has 1 atom stereocenters. The predicted octanol–water partition coefficient (Wildman–Crippen LogP) is 3.22. The van der Waals surface area contributed by atoms with Gasteiger partial charge in [0, 0.05) is 13.2 Å². The van der Waals surface area contributed by atoms with Crippen molar-refractivity contribution in [3.05, 3.63) is 47.0 Å². The molecule has 1 N–H and O–H groups in total. The minimum absolute atomic E-state index is 0.143. The summed E-state index contributed by atoms with van der Waals surface area (Å²) < 4.78 is 15.0. The Hall–Kier alpha value is -1.84. The van der Waals surface area contributed by atoms with Gasteiger partial charge in [0.1, 0.15) is 5.82 Å². The number of rotatable bonds is 3. The van der Waals surface area contributed by atoms with E-state index in [1.165, 1.54) is 5.56 Å². The predicted molar refractivity (Wildman–Crippen MR) is 73.7 cm³/mol. The van der Waals surface area contributed by atoms with Gasteiger partial charge in [-0.15, -0.1) is 0 Å². The highest BCUT2D eigenvalue weighted by molar-refractivity contribution is 5.50. The zero-order valence-electron chi connectivity index (χ0n) is 11.3. The molecule has 1 aromatic heterocycles. The molecule has 0 spiro atoms. The van der Waals surface area contributed by atoms with Crippen LogP contribution in [0.2, 0.25) is 0 Å². The molecule has 1 aliphatic rings. The average Bonchev–Trinajstić information content (AvgIpc) is 2.93. The molecule has 3 nitrogen and oxygen atoms in total. The number of benzene rings is 1. The van der Waals surface area contributed by atoms with Gasteiger partial charge in [0.2, 0.25) is 0 Å². The number of hydrogen-bond acceptors (Lipinski definition) is 2. The van der Waals surface area contributed by atoms with Gasteiger partial charge in [-0.1, -0.05) is 13.0 Å². The quantitative estimate of drug-likeness (QED) is 0.917. The van der Waals surface area contributed by atoms with Crippen LogP contribution in [-0.2, 0) is 19.9 Å². The smallest absolute Gasteiger partial charge is 0.123 e. The Balaban J connectivity index is 1.86. The van der Waals surface area contributed by atoms with Crippen molar-refractivity contribution in [2.24, 2.45) is 7.05 Å². The Morgan fingerprint density at radius 1 is 1.47 bits per heavy atom. The molecule has 1 unspecified atom stereocenters. The first-order valence-electron chi connectivity index (χ1n) is 6.74. The summed E-state index contributed by atoms with van der Waals surface area (Å²) in [7, 11) is 1.93. The van der Waals surface area contributed by atoms with Crippen LogP contribution in [0.1, 0.15) is 36.2 Å². The van der Waals surface area contributed by atoms with Crippen LogP contribution in [0.4, 0.5) is 10.1 Å². The number of fused-ring (bicyclic) bond motifs is 1. The van der Waals surface area contributed by atoms with Gasteiger partial charge in [-0.05, 0) is 42.5 Å². The monoisotopic (exact) mass is 259 g/mol. The summed E-state index contributed by atoms with van der Waals surface area (Å²) in [6.45, 7) is 2.10. The Kier molecular flexibility index (Phi) is 3.01. The lowest BCUT2D eigenvalue weighted by atomic mass is 10.1. The molecule has 19 heavy (non-hydrogen) atoms. The van der Waals surface area contributed by atoms with Crippen LogP contribution in [-0.4, -0.2) is 9.78 Å². The van der Waals surface area contributed by atoms with Gasteiger partial charge >= 0.3 is 0 Å². The Morgan fingerprint density at radius 3 is 3.11 bits per heavy atom. The Labute approximate surface area is 112 Å². The first kappa shape index (κ1) is 12.2. The number of halogens is 1. The number of aryl methyl sites for hydroxylation is 3. The molecule has 1 aromatic carbocycles. The van der Waals surface area contributed by atoms with E-state index in [2.05, 4.69) is 17.3 Å². The standard InChI is InChI=1S/C15H18FN3/c1-3-13-15(9-19(2)18-13)17-14-7-4-10-8-11(16)5-6-12(10)14/h5-6,8-9,14,17H,3-4,7H2,1-2H3. The first-order chi connectivity index (χ1) is 9.17. The van der Waals surface area contributed by atoms with E-state index < -0.39 is 0 Å². The van der Waals surface area contributed by atoms with Crippen LogP contribution >= 0.6 is 0 Å². The van der Waals surface area contributed by atoms with E-state index in [9.17, 15) is 4.39 Å². The third-order valence-corrected chi connectivity index (χ3v) is 3.75. The Morgan fingerprint density at radius 2 is 2.32 bits per heavy atom. The topological polar surface area (TPSA) is 29.9 Å². The summed E-state index contributed by atoms with van der Waals surface area (Å²) in [5, 5.41) is 7.99. The van der Waals surface area contributed by atoms with E-state index in [0.29, 0.717) is 0 Å². The third kappa shape index (κ3) is 2.23. The molecule has 0 bridgehead atoms. The Bertz CT molecular complexity index is 603. The van der Waals surface area contributed by atoms with E-state index in [4.69, 9.17) is 0 Å². The van der Waals surface area contributed by atoms with Crippen molar-refractivity contribution in [1.82, 2.24) is 9.78 Å². The number of aromatic nitrogens is 2. The van der Waals surface area contributed by atoms with Crippen LogP contribution in [0.25, 0.3) is 0 Å². The number of nitrogens with zero attached hydrogens (tertiary/aromatic N) is 2. The van der Waals surface area contributed by atoms with Gasteiger partial charge in [-0.2, -0.15) is 5.10 Å². The highest BCUT2D eigenvalue weighted by Gasteiger charge is 2.23. The molecular formula is C15H18FN3. The first-order valence-corrected chi connectivity index (χ1v) is 6.74. The van der Waals surface area contributed by atoms with Crippen LogP contribution in [0.5, 0.6) is 0 Å². The van der Waals surface area contributed by atoms with Crippen molar-refractivity contribution in [2.75, 3.05) is 5.32 Å². The minimum atomic E-state index is -0.143. The maximum atomic E-state index is 13.2. The summed E-state index contributed by atoms with van der Waals surface area (Å²) in [6, 6.07) is 5.37. The van der Waals surface area contributed by atoms with Crippen molar-refractivity contribution in [3.63, 3.8) is 0 Å². The molecule has 1 heterocycles. The van der Waals surface area contributed by atoms with Gasteiger partial charge in [-0.25, -0.2) is 4.39 Å². The van der Waals surface area contributed by atoms with Crippen LogP contribution in [0.15, 0.2) is 24.4 Å². The number of nitrogens with one attached hydrogen (secondary N) is 1. The van der Waals surface area contributed by atoms with Gasteiger partial charge in [0.25, 0.3) is 0 Å². The van der Waals surface area contributed by atoms with Crippen LogP contribution in [0, 0.1) is 5.82 Å². The fourth-order valence-electron chi connectivity index (χ4n) is 2.84. The lowest BCUT2D eigenvalue weighted by molar-refractivity contribution is 0.626. The van der Waals surface area contributed by atoms with Crippen LogP contribution in [0.3, 0.4) is 0 Å². The second kappa shape index (κ2) is 4.68. The largest absolute Gasteiger partial charge is 0.375 e. The SMILES string of the molecule is CCc1nn(C)cc1NC1CCc2cc(F)ccc21. The lowest BCUT2D eigenvalue weighted by Crippen LogP contribution is -2.08. The van der Waals surface area contributed by atoms with E-state index in [1.54, 1.807) is 12.1 Å². The van der Waals surface area contributed by atoms with E-state index in [1.807, 2.05) is 24.0 Å². The molecular weight excluding hydrogens is 241 g/mol. The minimum Gasteiger partial charge on any atom is -0.375 e. The van der Waals surface area contributed by atoms with Crippen LogP contribution < -0.4 is 5.32 Å². The van der Waals surface area contributed by atoms with Crippen molar-refractivity contribution >= 4 is 5.69 Å². The average molecular weight is 259 g/mol. The molecule has 1 aliphatic carbocycles. The third-order valence-electron chi connectivity index (χ3n) is 3.75. The highest BCUT2D eigenvalue weighted by atomic mass is 19.1. The lowest BCUT2D eigenvalue weighted by Gasteiger charge is -2.15. The molecule has 0 saturated heterocycles. The molecule has 0 fully saturated rings. The molecule has 0 amide bonds. The van der Waals surface area contributed by atoms with Gasteiger partial charge in [0.15, 0.2) is 0 Å². The molecule has 3 rings (SSSR count). The summed E-state index contributed by atoms with van der Waals surface area (Å²) >= 11 is 0. The second-order valence-electron chi connectivity index (χ2n) is 5.10.